The Morgan fingerprint density at radius 1 is 0.818 bits per heavy atom. The first-order chi connectivity index (χ1) is 10.5. The summed E-state index contributed by atoms with van der Waals surface area (Å²) in [4.78, 5) is 0. The predicted octanol–water partition coefficient (Wildman–Crippen LogP) is 4.95. The fraction of sp³-hybridized carbons (Fsp3) is 0.125. The molecule has 4 nitrogen and oxygen atoms in total. The Morgan fingerprint density at radius 2 is 1.32 bits per heavy atom. The smallest absolute Gasteiger partial charge is 0.165 e. The zero-order chi connectivity index (χ0) is 16.3. The second-order valence-electron chi connectivity index (χ2n) is 4.40. The number of hydrogen-bond donors (Lipinski definition) is 2. The largest absolute Gasteiger partial charge is 0.504 e. The van der Waals surface area contributed by atoms with Gasteiger partial charge < -0.3 is 19.7 Å². The van der Waals surface area contributed by atoms with Gasteiger partial charge in [-0.1, -0.05) is 23.2 Å². The van der Waals surface area contributed by atoms with Crippen molar-refractivity contribution >= 4 is 34.7 Å². The van der Waals surface area contributed by atoms with Gasteiger partial charge in [0.2, 0.25) is 0 Å². The van der Waals surface area contributed by atoms with Gasteiger partial charge in [-0.05, 0) is 36.4 Å². The summed E-state index contributed by atoms with van der Waals surface area (Å²) in [6.07, 6.45) is 0. The first-order valence-electron chi connectivity index (χ1n) is 6.28. The Kier molecular flexibility index (Phi) is 5.06. The van der Waals surface area contributed by atoms with Crippen molar-refractivity contribution in [2.24, 2.45) is 0 Å². The number of hydrogen-bond acceptors (Lipinski definition) is 4. The van der Waals surface area contributed by atoms with Crippen molar-refractivity contribution in [2.45, 2.75) is 0 Å². The van der Waals surface area contributed by atoms with Crippen LogP contribution in [0.4, 0.5) is 0 Å². The Hall–Kier alpha value is -2.04. The molecule has 0 aliphatic carbocycles. The van der Waals surface area contributed by atoms with Crippen LogP contribution in [0.25, 0.3) is 11.5 Å². The molecule has 6 heteroatoms. The van der Waals surface area contributed by atoms with E-state index >= 15 is 0 Å². The molecule has 0 aliphatic heterocycles. The van der Waals surface area contributed by atoms with Crippen LogP contribution >= 0.6 is 23.2 Å². The fourth-order valence-corrected chi connectivity index (χ4v) is 2.56. The van der Waals surface area contributed by atoms with E-state index in [0.717, 1.165) is 0 Å². The molecule has 0 spiro atoms. The summed E-state index contributed by atoms with van der Waals surface area (Å²) in [6, 6.07) is 9.51. The van der Waals surface area contributed by atoms with Gasteiger partial charge in [0, 0.05) is 11.1 Å². The zero-order valence-corrected chi connectivity index (χ0v) is 13.4. The van der Waals surface area contributed by atoms with Gasteiger partial charge >= 0.3 is 0 Å². The van der Waals surface area contributed by atoms with Crippen LogP contribution in [0.3, 0.4) is 0 Å². The summed E-state index contributed by atoms with van der Waals surface area (Å²) in [5.41, 5.74) is 0.713. The molecular weight excluding hydrogens is 327 g/mol. The highest BCUT2D eigenvalue weighted by molar-refractivity contribution is 6.37. The first kappa shape index (κ1) is 16.3. The van der Waals surface area contributed by atoms with Crippen LogP contribution < -0.4 is 9.47 Å². The third kappa shape index (κ3) is 3.24. The molecule has 0 aromatic heterocycles. The molecule has 2 aromatic rings. The van der Waals surface area contributed by atoms with Gasteiger partial charge in [-0.2, -0.15) is 0 Å². The van der Waals surface area contributed by atoms with Crippen molar-refractivity contribution < 1.29 is 19.7 Å². The lowest BCUT2D eigenvalue weighted by Gasteiger charge is -2.10. The first-order valence-corrected chi connectivity index (χ1v) is 7.03. The normalized spacial score (nSPS) is 11.8. The van der Waals surface area contributed by atoms with Gasteiger partial charge in [-0.25, -0.2) is 0 Å². The average Bonchev–Trinajstić information content (AvgIpc) is 2.53. The topological polar surface area (TPSA) is 58.9 Å². The van der Waals surface area contributed by atoms with Gasteiger partial charge in [0.25, 0.3) is 0 Å². The third-order valence-electron chi connectivity index (χ3n) is 3.06. The Labute approximate surface area is 138 Å². The molecule has 0 amide bonds. The number of ether oxygens (including phenoxy) is 2. The minimum Gasteiger partial charge on any atom is -0.504 e. The van der Waals surface area contributed by atoms with E-state index in [1.807, 2.05) is 0 Å². The van der Waals surface area contributed by atoms with E-state index in [1.165, 1.54) is 19.2 Å². The molecule has 2 aromatic carbocycles. The molecule has 0 unspecified atom stereocenters. The van der Waals surface area contributed by atoms with Gasteiger partial charge in [0.05, 0.1) is 24.3 Å². The molecule has 0 heterocycles. The minimum absolute atomic E-state index is 0.235. The number of methoxy groups -OCH3 is 2. The van der Waals surface area contributed by atoms with E-state index in [0.29, 0.717) is 17.1 Å². The highest BCUT2D eigenvalue weighted by Gasteiger charge is 2.15. The van der Waals surface area contributed by atoms with Crippen LogP contribution in [0, 0.1) is 0 Å². The molecule has 0 saturated heterocycles. The fourth-order valence-electron chi connectivity index (χ4n) is 1.91. The summed E-state index contributed by atoms with van der Waals surface area (Å²) in [5, 5.41) is 20.9. The van der Waals surface area contributed by atoms with Gasteiger partial charge in [-0.15, -0.1) is 0 Å². The molecule has 0 fully saturated rings. The van der Waals surface area contributed by atoms with Crippen molar-refractivity contribution in [3.05, 3.63) is 57.6 Å². The predicted molar refractivity (Wildman–Crippen MR) is 88.1 cm³/mol. The molecule has 22 heavy (non-hydrogen) atoms. The molecule has 0 atom stereocenters. The lowest BCUT2D eigenvalue weighted by atomic mass is 10.1. The maximum Gasteiger partial charge on any atom is 0.165 e. The monoisotopic (exact) mass is 340 g/mol. The van der Waals surface area contributed by atoms with Crippen molar-refractivity contribution in [3.63, 3.8) is 0 Å². The second kappa shape index (κ2) is 6.81. The lowest BCUT2D eigenvalue weighted by Crippen LogP contribution is -1.94. The van der Waals surface area contributed by atoms with Crippen LogP contribution in [0.1, 0.15) is 11.1 Å². The standard InChI is InChI=1S/C16H14Cl2O4/c1-21-11-5-3-9(4-6-11)14(19)15(20)10-7-12(17)16(22-2)13(18)8-10/h3-8,19-20H,1-2H3/b15-14-. The van der Waals surface area contributed by atoms with E-state index in [9.17, 15) is 10.2 Å². The highest BCUT2D eigenvalue weighted by atomic mass is 35.5. The third-order valence-corrected chi connectivity index (χ3v) is 3.63. The van der Waals surface area contributed by atoms with Crippen molar-refractivity contribution in [1.29, 1.82) is 0 Å². The number of benzene rings is 2. The molecule has 0 aliphatic rings. The van der Waals surface area contributed by atoms with Crippen molar-refractivity contribution in [2.75, 3.05) is 14.2 Å². The van der Waals surface area contributed by atoms with Crippen LogP contribution in [-0.2, 0) is 0 Å². The molecule has 0 radical (unpaired) electrons. The quantitative estimate of drug-likeness (QED) is 0.610. The Morgan fingerprint density at radius 3 is 1.77 bits per heavy atom. The zero-order valence-electron chi connectivity index (χ0n) is 11.9. The maximum absolute atomic E-state index is 10.2. The number of rotatable bonds is 4. The number of halogens is 2. The lowest BCUT2D eigenvalue weighted by molar-refractivity contribution is 0.414. The summed E-state index contributed by atoms with van der Waals surface area (Å²) in [6.45, 7) is 0. The van der Waals surface area contributed by atoms with E-state index in [4.69, 9.17) is 32.7 Å². The molecule has 2 rings (SSSR count). The van der Waals surface area contributed by atoms with Crippen LogP contribution in [-0.4, -0.2) is 24.4 Å². The second-order valence-corrected chi connectivity index (χ2v) is 5.21. The number of aliphatic hydroxyl groups excluding tert-OH is 2. The maximum atomic E-state index is 10.2. The Balaban J connectivity index is 2.45. The van der Waals surface area contributed by atoms with Crippen LogP contribution in [0.5, 0.6) is 11.5 Å². The van der Waals surface area contributed by atoms with Crippen LogP contribution in [0.15, 0.2) is 36.4 Å². The van der Waals surface area contributed by atoms with E-state index in [2.05, 4.69) is 0 Å². The Bertz CT molecular complexity index is 686. The number of aliphatic hydroxyl groups is 2. The molecule has 0 saturated carbocycles. The van der Waals surface area contributed by atoms with Crippen molar-refractivity contribution in [1.82, 2.24) is 0 Å². The molecule has 116 valence electrons. The van der Waals surface area contributed by atoms with E-state index < -0.39 is 0 Å². The van der Waals surface area contributed by atoms with Gasteiger partial charge in [0.1, 0.15) is 5.75 Å². The highest BCUT2D eigenvalue weighted by Crippen LogP contribution is 2.36. The van der Waals surface area contributed by atoms with E-state index in [1.54, 1.807) is 31.4 Å². The molecule has 2 N–H and O–H groups in total. The summed E-state index contributed by atoms with van der Waals surface area (Å²) in [7, 11) is 2.99. The van der Waals surface area contributed by atoms with Crippen molar-refractivity contribution in [3.8, 4) is 11.5 Å². The van der Waals surface area contributed by atoms with Gasteiger partial charge in [-0.3, -0.25) is 0 Å². The molecule has 0 bridgehead atoms. The summed E-state index contributed by atoms with van der Waals surface area (Å²) in [5.74, 6) is 0.326. The summed E-state index contributed by atoms with van der Waals surface area (Å²) < 4.78 is 10.1. The molecular formula is C16H14Cl2O4. The van der Waals surface area contributed by atoms with Crippen LogP contribution in [0.2, 0.25) is 10.0 Å². The summed E-state index contributed by atoms with van der Waals surface area (Å²) >= 11 is 12.1. The average molecular weight is 341 g/mol. The minimum atomic E-state index is -0.336. The van der Waals surface area contributed by atoms with Gasteiger partial charge in [0.15, 0.2) is 17.3 Å². The van der Waals surface area contributed by atoms with E-state index in [-0.39, 0.29) is 27.1 Å². The SMILES string of the molecule is COc1ccc(/C(O)=C(/O)c2cc(Cl)c(OC)c(Cl)c2)cc1.